The lowest BCUT2D eigenvalue weighted by Gasteiger charge is -2.06. The van der Waals surface area contributed by atoms with Crippen LogP contribution in [0, 0.1) is 18.6 Å². The second-order valence-corrected chi connectivity index (χ2v) is 4.14. The van der Waals surface area contributed by atoms with E-state index in [1.54, 1.807) is 6.92 Å². The monoisotopic (exact) mass is 262 g/mol. The van der Waals surface area contributed by atoms with Gasteiger partial charge in [0.05, 0.1) is 12.7 Å². The van der Waals surface area contributed by atoms with Gasteiger partial charge in [0.1, 0.15) is 17.4 Å². The van der Waals surface area contributed by atoms with E-state index < -0.39 is 17.4 Å². The molecule has 0 fully saturated rings. The number of aryl methyl sites for hydroxylation is 1. The minimum atomic E-state index is -0.690. The van der Waals surface area contributed by atoms with Gasteiger partial charge in [0.2, 0.25) is 0 Å². The Kier molecular flexibility index (Phi) is 3.60. The van der Waals surface area contributed by atoms with E-state index in [4.69, 9.17) is 4.74 Å². The van der Waals surface area contributed by atoms with Crippen molar-refractivity contribution in [3.8, 4) is 5.75 Å². The van der Waals surface area contributed by atoms with Crippen LogP contribution in [0.15, 0.2) is 36.4 Å². The van der Waals surface area contributed by atoms with Gasteiger partial charge in [-0.15, -0.1) is 0 Å². The third-order valence-corrected chi connectivity index (χ3v) is 2.85. The highest BCUT2D eigenvalue weighted by Crippen LogP contribution is 2.20. The van der Waals surface area contributed by atoms with Crippen molar-refractivity contribution in [1.29, 1.82) is 0 Å². The SMILES string of the molecule is COc1ccc(C(=O)c2ccc(C)c(F)c2)c(F)c1. The molecule has 0 bridgehead atoms. The topological polar surface area (TPSA) is 26.3 Å². The van der Waals surface area contributed by atoms with Crippen LogP contribution in [0.3, 0.4) is 0 Å². The number of hydrogen-bond donors (Lipinski definition) is 0. The van der Waals surface area contributed by atoms with E-state index in [1.807, 2.05) is 0 Å². The fourth-order valence-corrected chi connectivity index (χ4v) is 1.70. The second-order valence-electron chi connectivity index (χ2n) is 4.14. The van der Waals surface area contributed by atoms with Crippen LogP contribution in [-0.4, -0.2) is 12.9 Å². The zero-order valence-corrected chi connectivity index (χ0v) is 10.5. The molecule has 0 aliphatic heterocycles. The lowest BCUT2D eigenvalue weighted by atomic mass is 10.0. The predicted molar refractivity (Wildman–Crippen MR) is 67.5 cm³/mol. The standard InChI is InChI=1S/C15H12F2O2/c1-9-3-4-10(7-13(9)16)15(18)12-6-5-11(19-2)8-14(12)17/h3-8H,1-2H3. The van der Waals surface area contributed by atoms with E-state index in [2.05, 4.69) is 0 Å². The summed E-state index contributed by atoms with van der Waals surface area (Å²) in [7, 11) is 1.41. The van der Waals surface area contributed by atoms with Crippen LogP contribution < -0.4 is 4.74 Å². The lowest BCUT2D eigenvalue weighted by molar-refractivity contribution is 0.103. The predicted octanol–water partition coefficient (Wildman–Crippen LogP) is 3.51. The smallest absolute Gasteiger partial charge is 0.196 e. The number of ketones is 1. The van der Waals surface area contributed by atoms with Crippen molar-refractivity contribution < 1.29 is 18.3 Å². The van der Waals surface area contributed by atoms with Crippen molar-refractivity contribution >= 4 is 5.78 Å². The average Bonchev–Trinajstić information content (AvgIpc) is 2.41. The molecule has 2 aromatic rings. The van der Waals surface area contributed by atoms with Crippen molar-refractivity contribution in [2.75, 3.05) is 7.11 Å². The first-order valence-electron chi connectivity index (χ1n) is 5.67. The van der Waals surface area contributed by atoms with Crippen molar-refractivity contribution in [2.45, 2.75) is 6.92 Å². The number of rotatable bonds is 3. The van der Waals surface area contributed by atoms with E-state index in [9.17, 15) is 13.6 Å². The molecule has 19 heavy (non-hydrogen) atoms. The number of halogens is 2. The van der Waals surface area contributed by atoms with Gasteiger partial charge in [-0.2, -0.15) is 0 Å². The quantitative estimate of drug-likeness (QED) is 0.791. The molecule has 2 rings (SSSR count). The van der Waals surface area contributed by atoms with E-state index in [0.717, 1.165) is 12.1 Å². The van der Waals surface area contributed by atoms with E-state index >= 15 is 0 Å². The molecule has 0 atom stereocenters. The summed E-state index contributed by atoms with van der Waals surface area (Å²) in [6.45, 7) is 1.59. The van der Waals surface area contributed by atoms with Crippen molar-refractivity contribution in [2.24, 2.45) is 0 Å². The number of ether oxygens (including phenoxy) is 1. The molecule has 98 valence electrons. The fraction of sp³-hybridized carbons (Fsp3) is 0.133. The van der Waals surface area contributed by atoms with Crippen LogP contribution in [0.5, 0.6) is 5.75 Å². The molecule has 2 aromatic carbocycles. The number of methoxy groups -OCH3 is 1. The molecular weight excluding hydrogens is 250 g/mol. The molecule has 0 radical (unpaired) electrons. The zero-order valence-electron chi connectivity index (χ0n) is 10.5. The van der Waals surface area contributed by atoms with E-state index in [-0.39, 0.29) is 11.1 Å². The first kappa shape index (κ1) is 13.2. The second kappa shape index (κ2) is 5.18. The summed E-state index contributed by atoms with van der Waals surface area (Å²) in [5.41, 5.74) is 0.447. The fourth-order valence-electron chi connectivity index (χ4n) is 1.70. The minimum absolute atomic E-state index is 0.107. The molecule has 4 heteroatoms. The molecule has 0 saturated carbocycles. The Bertz CT molecular complexity index is 636. The van der Waals surface area contributed by atoms with Crippen molar-refractivity contribution in [1.82, 2.24) is 0 Å². The van der Waals surface area contributed by atoms with E-state index in [0.29, 0.717) is 11.3 Å². The van der Waals surface area contributed by atoms with Crippen LogP contribution in [0.4, 0.5) is 8.78 Å². The Labute approximate surface area is 109 Å². The summed E-state index contributed by atoms with van der Waals surface area (Å²) in [5.74, 6) is -1.41. The van der Waals surface area contributed by atoms with Gasteiger partial charge in [-0.3, -0.25) is 4.79 Å². The minimum Gasteiger partial charge on any atom is -0.497 e. The normalized spacial score (nSPS) is 10.3. The number of carbonyl (C=O) groups excluding carboxylic acids is 1. The summed E-state index contributed by atoms with van der Waals surface area (Å²) < 4.78 is 32.0. The van der Waals surface area contributed by atoms with Crippen molar-refractivity contribution in [3.05, 3.63) is 64.7 Å². The maximum absolute atomic E-state index is 13.8. The summed E-state index contributed by atoms with van der Waals surface area (Å²) in [6.07, 6.45) is 0. The third kappa shape index (κ3) is 2.62. The summed E-state index contributed by atoms with van der Waals surface area (Å²) >= 11 is 0. The first-order chi connectivity index (χ1) is 9.02. The molecule has 0 aromatic heterocycles. The molecular formula is C15H12F2O2. The van der Waals surface area contributed by atoms with Crippen LogP contribution in [0.25, 0.3) is 0 Å². The summed E-state index contributed by atoms with van der Waals surface area (Å²) in [5, 5.41) is 0. The van der Waals surface area contributed by atoms with Crippen molar-refractivity contribution in [3.63, 3.8) is 0 Å². The lowest BCUT2D eigenvalue weighted by Crippen LogP contribution is -2.05. The Morgan fingerprint density at radius 1 is 1.05 bits per heavy atom. The first-order valence-corrected chi connectivity index (χ1v) is 5.67. The molecule has 0 unspecified atom stereocenters. The number of carbonyl (C=O) groups is 1. The van der Waals surface area contributed by atoms with Crippen LogP contribution in [0.1, 0.15) is 21.5 Å². The summed E-state index contributed by atoms with van der Waals surface area (Å²) in [4.78, 5) is 12.1. The molecule has 0 spiro atoms. The Hall–Kier alpha value is -2.23. The summed E-state index contributed by atoms with van der Waals surface area (Å²) in [6, 6.07) is 8.02. The van der Waals surface area contributed by atoms with Gasteiger partial charge in [0, 0.05) is 11.6 Å². The molecule has 2 nitrogen and oxygen atoms in total. The highest BCUT2D eigenvalue weighted by molar-refractivity contribution is 6.09. The van der Waals surface area contributed by atoms with Gasteiger partial charge in [0.15, 0.2) is 5.78 Å². The van der Waals surface area contributed by atoms with Gasteiger partial charge in [0.25, 0.3) is 0 Å². The van der Waals surface area contributed by atoms with Gasteiger partial charge >= 0.3 is 0 Å². The maximum atomic E-state index is 13.8. The van der Waals surface area contributed by atoms with E-state index in [1.165, 1.54) is 31.4 Å². The van der Waals surface area contributed by atoms with Gasteiger partial charge in [-0.1, -0.05) is 12.1 Å². The molecule has 0 N–H and O–H groups in total. The number of benzene rings is 2. The molecule has 0 amide bonds. The van der Waals surface area contributed by atoms with Crippen LogP contribution in [0.2, 0.25) is 0 Å². The number of hydrogen-bond acceptors (Lipinski definition) is 2. The van der Waals surface area contributed by atoms with Crippen LogP contribution >= 0.6 is 0 Å². The Morgan fingerprint density at radius 3 is 2.37 bits per heavy atom. The average molecular weight is 262 g/mol. The molecule has 0 saturated heterocycles. The zero-order chi connectivity index (χ0) is 14.0. The molecule has 0 heterocycles. The molecule has 0 aliphatic rings. The van der Waals surface area contributed by atoms with Gasteiger partial charge in [-0.05, 0) is 30.7 Å². The molecule has 0 aliphatic carbocycles. The Morgan fingerprint density at radius 2 is 1.79 bits per heavy atom. The highest BCUT2D eigenvalue weighted by atomic mass is 19.1. The van der Waals surface area contributed by atoms with Gasteiger partial charge in [-0.25, -0.2) is 8.78 Å². The highest BCUT2D eigenvalue weighted by Gasteiger charge is 2.15. The third-order valence-electron chi connectivity index (χ3n) is 2.85. The van der Waals surface area contributed by atoms with Crippen LogP contribution in [-0.2, 0) is 0 Å². The Balaban J connectivity index is 2.41. The van der Waals surface area contributed by atoms with Gasteiger partial charge < -0.3 is 4.74 Å². The maximum Gasteiger partial charge on any atom is 0.196 e. The largest absolute Gasteiger partial charge is 0.497 e.